The van der Waals surface area contributed by atoms with E-state index in [9.17, 15) is 5.11 Å². The second kappa shape index (κ2) is 7.44. The third kappa shape index (κ3) is 3.55. The van der Waals surface area contributed by atoms with Crippen molar-refractivity contribution in [2.24, 2.45) is 22.7 Å². The smallest absolute Gasteiger partial charge is 0.255 e. The summed E-state index contributed by atoms with van der Waals surface area (Å²) < 4.78 is 6.60. The molecule has 2 saturated carbocycles. The first-order valence-corrected chi connectivity index (χ1v) is 11.1. The van der Waals surface area contributed by atoms with E-state index < -0.39 is 22.8 Å². The minimum absolute atomic E-state index is 0.0755. The Morgan fingerprint density at radius 2 is 1.76 bits per heavy atom. The molecular weight excluding hydrogens is 382 g/mol. The monoisotopic (exact) mass is 415 g/mol. The average Bonchev–Trinajstić information content (AvgIpc) is 3.09. The highest BCUT2D eigenvalue weighted by Crippen LogP contribution is 2.58. The summed E-state index contributed by atoms with van der Waals surface area (Å²) in [4.78, 5) is 12.2. The van der Waals surface area contributed by atoms with Crippen molar-refractivity contribution in [3.05, 3.63) is 22.8 Å². The van der Waals surface area contributed by atoms with Crippen LogP contribution < -0.4 is 0 Å². The number of isothiocyanates is 1. The van der Waals surface area contributed by atoms with E-state index in [1.165, 1.54) is 0 Å². The number of hydrogen-bond acceptors (Lipinski definition) is 4. The van der Waals surface area contributed by atoms with Gasteiger partial charge in [-0.1, -0.05) is 0 Å². The van der Waals surface area contributed by atoms with E-state index in [1.807, 2.05) is 20.8 Å². The van der Waals surface area contributed by atoms with Crippen molar-refractivity contribution < 1.29 is 9.84 Å². The summed E-state index contributed by atoms with van der Waals surface area (Å²) in [6.45, 7) is 25.3. The van der Waals surface area contributed by atoms with Crippen molar-refractivity contribution >= 4 is 17.4 Å². The molecule has 6 heteroatoms. The minimum Gasteiger partial charge on any atom is -0.384 e. The summed E-state index contributed by atoms with van der Waals surface area (Å²) in [5, 5.41) is 14.0. The number of hydrogen-bond donors (Lipinski definition) is 1. The number of aliphatic hydroxyl groups excluding tert-OH is 1. The Morgan fingerprint density at radius 3 is 2.34 bits per heavy atom. The SMILES string of the molecule is [C-]#[N+]C(C)(C)C1CC[C@](C)([C@H]2CC[C@@](C)(N=C=S)[C@H]3CC[C@](C)([N+]#[C-])[C@@H](O)[C@H]32)O1. The minimum atomic E-state index is -0.775. The molecule has 3 rings (SSSR count). The molecule has 158 valence electrons. The molecule has 1 unspecified atom stereocenters. The largest absolute Gasteiger partial charge is 0.384 e. The maximum Gasteiger partial charge on any atom is 0.255 e. The van der Waals surface area contributed by atoms with Gasteiger partial charge in [-0.3, -0.25) is 0 Å². The van der Waals surface area contributed by atoms with Crippen molar-refractivity contribution in [3.8, 4) is 0 Å². The van der Waals surface area contributed by atoms with Gasteiger partial charge >= 0.3 is 0 Å². The van der Waals surface area contributed by atoms with Gasteiger partial charge in [-0.05, 0) is 70.0 Å². The summed E-state index contributed by atoms with van der Waals surface area (Å²) in [5.41, 5.74) is -2.09. The fourth-order valence-corrected chi connectivity index (χ4v) is 6.46. The first-order valence-electron chi connectivity index (χ1n) is 10.7. The maximum atomic E-state index is 11.4. The quantitative estimate of drug-likeness (QED) is 0.403. The summed E-state index contributed by atoms with van der Waals surface area (Å²) in [6, 6.07) is 0. The second-order valence-electron chi connectivity index (χ2n) is 10.6. The van der Waals surface area contributed by atoms with Crippen LogP contribution in [-0.4, -0.2) is 44.7 Å². The molecule has 0 radical (unpaired) electrons. The number of nitrogens with zero attached hydrogens (tertiary/aromatic N) is 3. The molecule has 29 heavy (non-hydrogen) atoms. The molecule has 0 bridgehead atoms. The van der Waals surface area contributed by atoms with Crippen LogP contribution in [0.4, 0.5) is 0 Å². The Bertz CT molecular complexity index is 795. The number of ether oxygens (including phenoxy) is 1. The number of fused-ring (bicyclic) bond motifs is 1. The zero-order valence-corrected chi connectivity index (χ0v) is 19.1. The van der Waals surface area contributed by atoms with Crippen molar-refractivity contribution in [2.75, 3.05) is 0 Å². The Morgan fingerprint density at radius 1 is 1.10 bits per heavy atom. The molecule has 0 aromatic heterocycles. The normalized spacial score (nSPS) is 47.4. The van der Waals surface area contributed by atoms with Crippen molar-refractivity contribution in [3.63, 3.8) is 0 Å². The third-order valence-corrected chi connectivity index (χ3v) is 8.48. The predicted molar refractivity (Wildman–Crippen MR) is 117 cm³/mol. The molecule has 3 fully saturated rings. The predicted octanol–water partition coefficient (Wildman–Crippen LogP) is 4.96. The summed E-state index contributed by atoms with van der Waals surface area (Å²) in [7, 11) is 0. The van der Waals surface area contributed by atoms with E-state index in [0.717, 1.165) is 32.1 Å². The van der Waals surface area contributed by atoms with Crippen molar-refractivity contribution in [1.29, 1.82) is 0 Å². The van der Waals surface area contributed by atoms with Gasteiger partial charge in [0.15, 0.2) is 0 Å². The standard InChI is InChI=1S/C23H33N3O2S/c1-20(2,24-6)17-10-13-23(5,28-17)16-9-11-21(3,26-14-29)15-8-12-22(4,25-7)19(27)18(15)16/h15-19,27H,8-13H2,1-5H3/t15-,16-,17?,18+,19-,21+,22-,23+/m0/s1. The molecule has 8 atom stereocenters. The van der Waals surface area contributed by atoms with Crippen molar-refractivity contribution in [1.82, 2.24) is 0 Å². The van der Waals surface area contributed by atoms with Crippen molar-refractivity contribution in [2.45, 2.75) is 108 Å². The lowest BCUT2D eigenvalue weighted by Crippen LogP contribution is -2.62. The topological polar surface area (TPSA) is 50.5 Å². The third-order valence-electron chi connectivity index (χ3n) is 8.38. The molecule has 0 amide bonds. The lowest BCUT2D eigenvalue weighted by atomic mass is 9.51. The van der Waals surface area contributed by atoms with Gasteiger partial charge in [0.2, 0.25) is 0 Å². The fraction of sp³-hybridized carbons (Fsp3) is 0.870. The van der Waals surface area contributed by atoms with Crippen LogP contribution in [-0.2, 0) is 4.74 Å². The van der Waals surface area contributed by atoms with Gasteiger partial charge in [-0.2, -0.15) is 0 Å². The molecule has 1 N–H and O–H groups in total. The van der Waals surface area contributed by atoms with Crippen LogP contribution >= 0.6 is 12.2 Å². The fourth-order valence-electron chi connectivity index (χ4n) is 6.25. The van der Waals surface area contributed by atoms with Crippen LogP contribution in [0.25, 0.3) is 9.69 Å². The average molecular weight is 416 g/mol. The Balaban J connectivity index is 1.98. The van der Waals surface area contributed by atoms with Crippen LogP contribution in [0.2, 0.25) is 0 Å². The van der Waals surface area contributed by atoms with Crippen LogP contribution in [0.15, 0.2) is 4.99 Å². The highest BCUT2D eigenvalue weighted by Gasteiger charge is 2.63. The molecule has 0 aromatic carbocycles. The zero-order chi connectivity index (χ0) is 21.7. The molecular formula is C23H33N3O2S. The van der Waals surface area contributed by atoms with Gasteiger partial charge < -0.3 is 19.5 Å². The number of thiocarbonyl (C=S) groups is 1. The van der Waals surface area contributed by atoms with Gasteiger partial charge in [-0.25, -0.2) is 18.1 Å². The highest BCUT2D eigenvalue weighted by atomic mass is 32.1. The van der Waals surface area contributed by atoms with E-state index in [2.05, 4.69) is 33.7 Å². The van der Waals surface area contributed by atoms with E-state index in [0.29, 0.717) is 6.42 Å². The molecule has 1 heterocycles. The van der Waals surface area contributed by atoms with Crippen LogP contribution in [0.1, 0.15) is 73.1 Å². The van der Waals surface area contributed by atoms with E-state index in [-0.39, 0.29) is 29.4 Å². The zero-order valence-electron chi connectivity index (χ0n) is 18.2. The van der Waals surface area contributed by atoms with Gasteiger partial charge in [-0.15, -0.1) is 0 Å². The molecule has 5 nitrogen and oxygen atoms in total. The lowest BCUT2D eigenvalue weighted by molar-refractivity contribution is -0.161. The summed E-state index contributed by atoms with van der Waals surface area (Å²) in [5.74, 6) is 0.201. The Kier molecular flexibility index (Phi) is 5.74. The van der Waals surface area contributed by atoms with Gasteiger partial charge in [0, 0.05) is 33.1 Å². The number of aliphatic hydroxyl groups is 1. The molecule has 1 aliphatic heterocycles. The molecule has 2 aliphatic carbocycles. The first kappa shape index (κ1) is 22.4. The molecule has 0 aromatic rings. The maximum absolute atomic E-state index is 11.4. The van der Waals surface area contributed by atoms with Gasteiger partial charge in [0.05, 0.1) is 16.3 Å². The lowest BCUT2D eigenvalue weighted by Gasteiger charge is -2.56. The molecule has 1 saturated heterocycles. The Labute approximate surface area is 180 Å². The van der Waals surface area contributed by atoms with Crippen LogP contribution in [0, 0.1) is 30.9 Å². The summed E-state index contributed by atoms with van der Waals surface area (Å²) in [6.07, 6.45) is 4.15. The number of aliphatic imine (C=N–C) groups is 1. The van der Waals surface area contributed by atoms with Gasteiger partial charge in [0.25, 0.3) is 11.1 Å². The van der Waals surface area contributed by atoms with E-state index in [4.69, 9.17) is 30.1 Å². The number of rotatable bonds is 3. The Hall–Kier alpha value is -1.30. The molecule has 0 spiro atoms. The van der Waals surface area contributed by atoms with Gasteiger partial charge in [0.1, 0.15) is 12.2 Å². The first-order chi connectivity index (χ1) is 13.5. The van der Waals surface area contributed by atoms with E-state index >= 15 is 0 Å². The van der Waals surface area contributed by atoms with Crippen LogP contribution in [0.5, 0.6) is 0 Å². The summed E-state index contributed by atoms with van der Waals surface area (Å²) >= 11 is 4.94. The second-order valence-corrected chi connectivity index (χ2v) is 10.7. The van der Waals surface area contributed by atoms with E-state index in [1.54, 1.807) is 0 Å². The van der Waals surface area contributed by atoms with Crippen LogP contribution in [0.3, 0.4) is 0 Å². The molecule has 3 aliphatic rings. The highest BCUT2D eigenvalue weighted by molar-refractivity contribution is 7.78.